The largest absolute Gasteiger partial charge is 0.355 e. The maximum absolute atomic E-state index is 11.3. The Bertz CT molecular complexity index is 181. The van der Waals surface area contributed by atoms with E-state index in [0.717, 1.165) is 25.9 Å². The minimum absolute atomic E-state index is 0.133. The molecule has 0 aliphatic carbocycles. The zero-order valence-corrected chi connectivity index (χ0v) is 9.59. The van der Waals surface area contributed by atoms with Gasteiger partial charge in [-0.3, -0.25) is 4.79 Å². The maximum atomic E-state index is 11.3. The standard InChI is InChI=1S/C11H23N3O/c1-2-3-4-5-6-11(15)14-10-9-13-8-7-12/h2-3,13H,4-10,12H2,1H3,(H,14,15)/b3-2+. The number of nitrogens with two attached hydrogens (primary N) is 1. The van der Waals surface area contributed by atoms with Gasteiger partial charge >= 0.3 is 0 Å². The van der Waals surface area contributed by atoms with Gasteiger partial charge in [0.1, 0.15) is 0 Å². The third kappa shape index (κ3) is 11.1. The lowest BCUT2D eigenvalue weighted by atomic mass is 10.2. The van der Waals surface area contributed by atoms with Crippen LogP contribution in [0.2, 0.25) is 0 Å². The van der Waals surface area contributed by atoms with Gasteiger partial charge in [-0.2, -0.15) is 0 Å². The minimum atomic E-state index is 0.133. The van der Waals surface area contributed by atoms with E-state index >= 15 is 0 Å². The van der Waals surface area contributed by atoms with E-state index in [1.807, 2.05) is 13.0 Å². The van der Waals surface area contributed by atoms with E-state index in [0.29, 0.717) is 19.5 Å². The van der Waals surface area contributed by atoms with E-state index < -0.39 is 0 Å². The van der Waals surface area contributed by atoms with Gasteiger partial charge in [0.15, 0.2) is 0 Å². The van der Waals surface area contributed by atoms with Gasteiger partial charge in [0.2, 0.25) is 5.91 Å². The molecular formula is C11H23N3O. The number of allylic oxidation sites excluding steroid dienone is 2. The predicted molar refractivity (Wildman–Crippen MR) is 63.6 cm³/mol. The first kappa shape index (κ1) is 14.1. The van der Waals surface area contributed by atoms with Crippen molar-refractivity contribution in [1.82, 2.24) is 10.6 Å². The molecular weight excluding hydrogens is 190 g/mol. The Morgan fingerprint density at radius 3 is 2.80 bits per heavy atom. The number of carbonyl (C=O) groups is 1. The summed E-state index contributed by atoms with van der Waals surface area (Å²) >= 11 is 0. The number of amides is 1. The Morgan fingerprint density at radius 1 is 1.33 bits per heavy atom. The van der Waals surface area contributed by atoms with E-state index in [4.69, 9.17) is 5.73 Å². The second-order valence-electron chi connectivity index (χ2n) is 3.35. The minimum Gasteiger partial charge on any atom is -0.355 e. The molecule has 0 rings (SSSR count). The average Bonchev–Trinajstić information content (AvgIpc) is 2.24. The number of hydrogen-bond acceptors (Lipinski definition) is 3. The van der Waals surface area contributed by atoms with E-state index in [-0.39, 0.29) is 5.91 Å². The molecule has 0 radical (unpaired) electrons. The molecule has 0 unspecified atom stereocenters. The number of carbonyl (C=O) groups excluding carboxylic acids is 1. The van der Waals surface area contributed by atoms with Crippen LogP contribution in [-0.2, 0) is 4.79 Å². The lowest BCUT2D eigenvalue weighted by Crippen LogP contribution is -2.33. The molecule has 88 valence electrons. The smallest absolute Gasteiger partial charge is 0.220 e. The summed E-state index contributed by atoms with van der Waals surface area (Å²) in [6.45, 7) is 4.90. The fourth-order valence-corrected chi connectivity index (χ4v) is 1.15. The lowest BCUT2D eigenvalue weighted by molar-refractivity contribution is -0.121. The van der Waals surface area contributed by atoms with Crippen molar-refractivity contribution in [1.29, 1.82) is 0 Å². The highest BCUT2D eigenvalue weighted by Crippen LogP contribution is 1.95. The van der Waals surface area contributed by atoms with Crippen LogP contribution in [0, 0.1) is 0 Å². The van der Waals surface area contributed by atoms with Gasteiger partial charge in [0.05, 0.1) is 0 Å². The average molecular weight is 213 g/mol. The highest BCUT2D eigenvalue weighted by molar-refractivity contribution is 5.75. The van der Waals surface area contributed by atoms with E-state index in [2.05, 4.69) is 16.7 Å². The molecule has 0 aliphatic rings. The van der Waals surface area contributed by atoms with Gasteiger partial charge in [0, 0.05) is 32.6 Å². The Balaban J connectivity index is 3.18. The molecule has 0 aromatic heterocycles. The Labute approximate surface area is 92.3 Å². The molecule has 4 heteroatoms. The van der Waals surface area contributed by atoms with Gasteiger partial charge in [0.25, 0.3) is 0 Å². The Kier molecular flexibility index (Phi) is 10.6. The van der Waals surface area contributed by atoms with Crippen LogP contribution in [-0.4, -0.2) is 32.1 Å². The molecule has 0 saturated heterocycles. The van der Waals surface area contributed by atoms with Crippen molar-refractivity contribution in [2.24, 2.45) is 5.73 Å². The van der Waals surface area contributed by atoms with Crippen molar-refractivity contribution in [2.45, 2.75) is 26.2 Å². The predicted octanol–water partition coefficient (Wildman–Crippen LogP) is 0.397. The molecule has 0 bridgehead atoms. The maximum Gasteiger partial charge on any atom is 0.220 e. The van der Waals surface area contributed by atoms with Crippen LogP contribution in [0.4, 0.5) is 0 Å². The van der Waals surface area contributed by atoms with Crippen molar-refractivity contribution in [3.8, 4) is 0 Å². The van der Waals surface area contributed by atoms with Crippen LogP contribution in [0.3, 0.4) is 0 Å². The molecule has 4 N–H and O–H groups in total. The third-order valence-corrected chi connectivity index (χ3v) is 1.96. The summed E-state index contributed by atoms with van der Waals surface area (Å²) in [5.41, 5.74) is 5.31. The molecule has 0 atom stereocenters. The zero-order valence-electron chi connectivity index (χ0n) is 9.59. The number of rotatable bonds is 9. The van der Waals surface area contributed by atoms with Crippen molar-refractivity contribution >= 4 is 5.91 Å². The second-order valence-corrected chi connectivity index (χ2v) is 3.35. The molecule has 0 fully saturated rings. The Hall–Kier alpha value is -0.870. The quantitative estimate of drug-likeness (QED) is 0.383. The number of nitrogens with one attached hydrogen (secondary N) is 2. The normalized spacial score (nSPS) is 10.8. The van der Waals surface area contributed by atoms with E-state index in [1.54, 1.807) is 0 Å². The van der Waals surface area contributed by atoms with Gasteiger partial charge in [-0.15, -0.1) is 0 Å². The van der Waals surface area contributed by atoms with Gasteiger partial charge in [-0.1, -0.05) is 12.2 Å². The molecule has 0 saturated carbocycles. The van der Waals surface area contributed by atoms with Crippen LogP contribution >= 0.6 is 0 Å². The van der Waals surface area contributed by atoms with Gasteiger partial charge < -0.3 is 16.4 Å². The highest BCUT2D eigenvalue weighted by atomic mass is 16.1. The van der Waals surface area contributed by atoms with Gasteiger partial charge in [-0.25, -0.2) is 0 Å². The molecule has 0 spiro atoms. The molecule has 0 aliphatic heterocycles. The number of hydrogen-bond donors (Lipinski definition) is 3. The van der Waals surface area contributed by atoms with Gasteiger partial charge in [-0.05, 0) is 19.8 Å². The molecule has 0 aromatic carbocycles. The molecule has 4 nitrogen and oxygen atoms in total. The SMILES string of the molecule is C/C=C/CCCC(=O)NCCNCCN. The molecule has 1 amide bonds. The topological polar surface area (TPSA) is 67.2 Å². The van der Waals surface area contributed by atoms with Crippen LogP contribution in [0.1, 0.15) is 26.2 Å². The van der Waals surface area contributed by atoms with Crippen LogP contribution in [0.15, 0.2) is 12.2 Å². The summed E-state index contributed by atoms with van der Waals surface area (Å²) in [7, 11) is 0. The van der Waals surface area contributed by atoms with Crippen LogP contribution in [0.5, 0.6) is 0 Å². The Morgan fingerprint density at radius 2 is 2.13 bits per heavy atom. The number of unbranched alkanes of at least 4 members (excludes halogenated alkanes) is 1. The second kappa shape index (κ2) is 11.2. The van der Waals surface area contributed by atoms with Crippen LogP contribution < -0.4 is 16.4 Å². The summed E-state index contributed by atoms with van der Waals surface area (Å²) < 4.78 is 0. The van der Waals surface area contributed by atoms with Crippen molar-refractivity contribution in [2.75, 3.05) is 26.2 Å². The monoisotopic (exact) mass is 213 g/mol. The van der Waals surface area contributed by atoms with Crippen molar-refractivity contribution in [3.63, 3.8) is 0 Å². The van der Waals surface area contributed by atoms with Crippen molar-refractivity contribution in [3.05, 3.63) is 12.2 Å². The summed E-state index contributed by atoms with van der Waals surface area (Å²) in [4.78, 5) is 11.3. The summed E-state index contributed by atoms with van der Waals surface area (Å²) in [5.74, 6) is 0.133. The first-order chi connectivity index (χ1) is 7.31. The molecule has 0 heterocycles. The molecule has 15 heavy (non-hydrogen) atoms. The van der Waals surface area contributed by atoms with E-state index in [9.17, 15) is 4.79 Å². The summed E-state index contributed by atoms with van der Waals surface area (Å²) in [6, 6.07) is 0. The zero-order chi connectivity index (χ0) is 11.4. The summed E-state index contributed by atoms with van der Waals surface area (Å²) in [5, 5.41) is 5.97. The fraction of sp³-hybridized carbons (Fsp3) is 0.727. The third-order valence-electron chi connectivity index (χ3n) is 1.96. The highest BCUT2D eigenvalue weighted by Gasteiger charge is 1.98. The van der Waals surface area contributed by atoms with Crippen molar-refractivity contribution < 1.29 is 4.79 Å². The van der Waals surface area contributed by atoms with Crippen LogP contribution in [0.25, 0.3) is 0 Å². The fourth-order valence-electron chi connectivity index (χ4n) is 1.15. The summed E-state index contributed by atoms with van der Waals surface area (Å²) in [6.07, 6.45) is 6.60. The first-order valence-corrected chi connectivity index (χ1v) is 5.60. The molecule has 0 aromatic rings. The first-order valence-electron chi connectivity index (χ1n) is 5.60. The lowest BCUT2D eigenvalue weighted by Gasteiger charge is -2.05. The van der Waals surface area contributed by atoms with E-state index in [1.165, 1.54) is 0 Å².